The molecule has 0 saturated heterocycles. The molecule has 7 heteroatoms. The molecule has 1 amide bonds. The van der Waals surface area contributed by atoms with E-state index in [0.29, 0.717) is 0 Å². The van der Waals surface area contributed by atoms with E-state index in [9.17, 15) is 18.0 Å². The Morgan fingerprint density at radius 3 is 2.61 bits per heavy atom. The minimum Gasteiger partial charge on any atom is -0.384 e. The van der Waals surface area contributed by atoms with Gasteiger partial charge in [0.25, 0.3) is 5.91 Å². The molecule has 1 aromatic heterocycles. The van der Waals surface area contributed by atoms with Gasteiger partial charge in [0.1, 0.15) is 12.2 Å². The summed E-state index contributed by atoms with van der Waals surface area (Å²) in [5.74, 6) is -0.839. The number of carbonyl (C=O) groups is 1. The van der Waals surface area contributed by atoms with Gasteiger partial charge in [-0.1, -0.05) is 6.92 Å². The van der Waals surface area contributed by atoms with Crippen LogP contribution in [-0.2, 0) is 0 Å². The van der Waals surface area contributed by atoms with Gasteiger partial charge in [0.05, 0.1) is 11.9 Å². The molecular weight excluding hydrogens is 247 g/mol. The van der Waals surface area contributed by atoms with E-state index < -0.39 is 18.6 Å². The minimum atomic E-state index is -4.42. The first-order valence-corrected chi connectivity index (χ1v) is 5.47. The smallest absolute Gasteiger partial charge is 0.384 e. The molecule has 100 valence electrons. The monoisotopic (exact) mass is 261 g/mol. The minimum absolute atomic E-state index is 0.0405. The Morgan fingerprint density at radius 1 is 1.39 bits per heavy atom. The molecule has 0 saturated carbocycles. The third kappa shape index (κ3) is 5.03. The number of alkyl halides is 3. The quantitative estimate of drug-likeness (QED) is 0.854. The SMILES string of the molecule is CCCNc1ccc(C(=O)NCC(F)(F)F)nc1. The molecule has 0 atom stereocenters. The molecule has 0 spiro atoms. The van der Waals surface area contributed by atoms with Crippen molar-refractivity contribution in [3.8, 4) is 0 Å². The number of carbonyl (C=O) groups excluding carboxylic acids is 1. The molecule has 1 heterocycles. The Hall–Kier alpha value is -1.79. The standard InChI is InChI=1S/C11H14F3N3O/c1-2-5-15-8-3-4-9(16-6-8)10(18)17-7-11(12,13)14/h3-4,6,15H,2,5,7H2,1H3,(H,17,18). The third-order valence-electron chi connectivity index (χ3n) is 2.02. The number of halogens is 3. The van der Waals surface area contributed by atoms with Crippen LogP contribution in [0.4, 0.5) is 18.9 Å². The molecule has 1 aromatic rings. The lowest BCUT2D eigenvalue weighted by atomic mass is 10.3. The normalized spacial score (nSPS) is 11.1. The van der Waals surface area contributed by atoms with Crippen LogP contribution in [0.3, 0.4) is 0 Å². The summed E-state index contributed by atoms with van der Waals surface area (Å²) in [6.45, 7) is 1.41. The van der Waals surface area contributed by atoms with Gasteiger partial charge in [-0.25, -0.2) is 4.98 Å². The van der Waals surface area contributed by atoms with Crippen LogP contribution in [-0.4, -0.2) is 30.2 Å². The molecule has 0 aliphatic carbocycles. The van der Waals surface area contributed by atoms with Gasteiger partial charge in [0.15, 0.2) is 0 Å². The summed E-state index contributed by atoms with van der Waals surface area (Å²) in [6, 6.07) is 2.98. The largest absolute Gasteiger partial charge is 0.405 e. The molecule has 0 aliphatic rings. The van der Waals surface area contributed by atoms with E-state index in [1.165, 1.54) is 12.3 Å². The van der Waals surface area contributed by atoms with Crippen molar-refractivity contribution in [1.82, 2.24) is 10.3 Å². The molecule has 18 heavy (non-hydrogen) atoms. The molecule has 4 nitrogen and oxygen atoms in total. The van der Waals surface area contributed by atoms with Crippen LogP contribution in [0.1, 0.15) is 23.8 Å². The van der Waals surface area contributed by atoms with Crippen molar-refractivity contribution in [3.63, 3.8) is 0 Å². The van der Waals surface area contributed by atoms with Crippen LogP contribution in [0.25, 0.3) is 0 Å². The highest BCUT2D eigenvalue weighted by molar-refractivity contribution is 5.92. The Balaban J connectivity index is 2.54. The average Bonchev–Trinajstić information content (AvgIpc) is 2.33. The lowest BCUT2D eigenvalue weighted by Gasteiger charge is -2.08. The maximum Gasteiger partial charge on any atom is 0.405 e. The van der Waals surface area contributed by atoms with Crippen molar-refractivity contribution < 1.29 is 18.0 Å². The van der Waals surface area contributed by atoms with E-state index in [0.717, 1.165) is 18.7 Å². The van der Waals surface area contributed by atoms with E-state index in [1.807, 2.05) is 6.92 Å². The van der Waals surface area contributed by atoms with E-state index >= 15 is 0 Å². The number of anilines is 1. The van der Waals surface area contributed by atoms with Crippen molar-refractivity contribution in [3.05, 3.63) is 24.0 Å². The molecule has 0 aliphatic heterocycles. The fourth-order valence-corrected chi connectivity index (χ4v) is 1.17. The van der Waals surface area contributed by atoms with Gasteiger partial charge in [0.2, 0.25) is 0 Å². The van der Waals surface area contributed by atoms with Crippen molar-refractivity contribution in [2.45, 2.75) is 19.5 Å². The molecule has 2 N–H and O–H groups in total. The third-order valence-corrected chi connectivity index (χ3v) is 2.02. The summed E-state index contributed by atoms with van der Waals surface area (Å²) in [6.07, 6.45) is -2.07. The highest BCUT2D eigenvalue weighted by atomic mass is 19.4. The van der Waals surface area contributed by atoms with Crippen LogP contribution >= 0.6 is 0 Å². The molecule has 0 bridgehead atoms. The van der Waals surface area contributed by atoms with Gasteiger partial charge < -0.3 is 10.6 Å². The highest BCUT2D eigenvalue weighted by Gasteiger charge is 2.28. The first-order valence-electron chi connectivity index (χ1n) is 5.47. The Bertz CT molecular complexity index is 390. The Kier molecular flexibility index (Phi) is 4.94. The number of nitrogens with one attached hydrogen (secondary N) is 2. The van der Waals surface area contributed by atoms with Crippen molar-refractivity contribution in [2.75, 3.05) is 18.4 Å². The number of pyridine rings is 1. The molecule has 0 fully saturated rings. The number of nitrogens with zero attached hydrogens (tertiary/aromatic N) is 1. The zero-order chi connectivity index (χ0) is 13.6. The predicted octanol–water partition coefficient (Wildman–Crippen LogP) is 2.20. The molecule has 1 rings (SSSR count). The van der Waals surface area contributed by atoms with Crippen LogP contribution < -0.4 is 10.6 Å². The van der Waals surface area contributed by atoms with Gasteiger partial charge in [-0.3, -0.25) is 4.79 Å². The first kappa shape index (κ1) is 14.3. The lowest BCUT2D eigenvalue weighted by molar-refractivity contribution is -0.123. The Morgan fingerprint density at radius 2 is 2.11 bits per heavy atom. The van der Waals surface area contributed by atoms with Crippen LogP contribution in [0, 0.1) is 0 Å². The van der Waals surface area contributed by atoms with E-state index in [1.54, 1.807) is 11.4 Å². The molecule has 0 unspecified atom stereocenters. The number of hydrogen-bond acceptors (Lipinski definition) is 3. The van der Waals surface area contributed by atoms with E-state index in [4.69, 9.17) is 0 Å². The van der Waals surface area contributed by atoms with E-state index in [2.05, 4.69) is 10.3 Å². The first-order chi connectivity index (χ1) is 8.42. The maximum absolute atomic E-state index is 11.9. The Labute approximate surface area is 103 Å². The number of rotatable bonds is 5. The van der Waals surface area contributed by atoms with Gasteiger partial charge in [-0.05, 0) is 18.6 Å². The maximum atomic E-state index is 11.9. The summed E-state index contributed by atoms with van der Waals surface area (Å²) in [7, 11) is 0. The number of aromatic nitrogens is 1. The second-order valence-corrected chi connectivity index (χ2v) is 3.66. The van der Waals surface area contributed by atoms with Gasteiger partial charge in [-0.2, -0.15) is 13.2 Å². The molecular formula is C11H14F3N3O. The van der Waals surface area contributed by atoms with Crippen LogP contribution in [0.15, 0.2) is 18.3 Å². The van der Waals surface area contributed by atoms with Crippen LogP contribution in [0.2, 0.25) is 0 Å². The average molecular weight is 261 g/mol. The second kappa shape index (κ2) is 6.23. The zero-order valence-corrected chi connectivity index (χ0v) is 9.84. The molecule has 0 aromatic carbocycles. The van der Waals surface area contributed by atoms with Gasteiger partial charge in [-0.15, -0.1) is 0 Å². The summed E-state index contributed by atoms with van der Waals surface area (Å²) < 4.78 is 35.7. The summed E-state index contributed by atoms with van der Waals surface area (Å²) in [4.78, 5) is 15.1. The number of hydrogen-bond donors (Lipinski definition) is 2. The topological polar surface area (TPSA) is 54.0 Å². The fourth-order valence-electron chi connectivity index (χ4n) is 1.17. The van der Waals surface area contributed by atoms with Crippen molar-refractivity contribution in [1.29, 1.82) is 0 Å². The van der Waals surface area contributed by atoms with Crippen molar-refractivity contribution >= 4 is 11.6 Å². The summed E-state index contributed by atoms with van der Waals surface area (Å²) in [5, 5.41) is 4.80. The van der Waals surface area contributed by atoms with Crippen LogP contribution in [0.5, 0.6) is 0 Å². The lowest BCUT2D eigenvalue weighted by Crippen LogP contribution is -2.34. The highest BCUT2D eigenvalue weighted by Crippen LogP contribution is 2.12. The molecule has 0 radical (unpaired) electrons. The number of amides is 1. The fraction of sp³-hybridized carbons (Fsp3) is 0.455. The predicted molar refractivity (Wildman–Crippen MR) is 61.4 cm³/mol. The van der Waals surface area contributed by atoms with Crippen molar-refractivity contribution in [2.24, 2.45) is 0 Å². The summed E-state index contributed by atoms with van der Waals surface area (Å²) >= 11 is 0. The zero-order valence-electron chi connectivity index (χ0n) is 9.84. The van der Waals surface area contributed by atoms with E-state index in [-0.39, 0.29) is 5.69 Å². The van der Waals surface area contributed by atoms with Gasteiger partial charge >= 0.3 is 6.18 Å². The second-order valence-electron chi connectivity index (χ2n) is 3.66. The van der Waals surface area contributed by atoms with Gasteiger partial charge in [0, 0.05) is 6.54 Å². The summed E-state index contributed by atoms with van der Waals surface area (Å²) in [5.41, 5.74) is 0.686.